The number of rotatable bonds is 6. The van der Waals surface area contributed by atoms with E-state index >= 15 is 0 Å². The molecule has 158 valence electrons. The van der Waals surface area contributed by atoms with Crippen molar-refractivity contribution in [3.8, 4) is 22.9 Å². The van der Waals surface area contributed by atoms with Crippen LogP contribution in [0.15, 0.2) is 65.7 Å². The van der Waals surface area contributed by atoms with E-state index in [1.54, 1.807) is 24.3 Å². The number of fused-ring (bicyclic) bond motifs is 1. The van der Waals surface area contributed by atoms with Crippen LogP contribution in [0.3, 0.4) is 0 Å². The molecule has 4 rings (SSSR count). The Morgan fingerprint density at radius 3 is 2.39 bits per heavy atom. The largest absolute Gasteiger partial charge is 0.573 e. The molecule has 0 bridgehead atoms. The van der Waals surface area contributed by atoms with Gasteiger partial charge in [-0.3, -0.25) is 4.79 Å². The lowest BCUT2D eigenvalue weighted by Crippen LogP contribution is -2.27. The van der Waals surface area contributed by atoms with Crippen LogP contribution in [-0.4, -0.2) is 37.9 Å². The average Bonchev–Trinajstić information content (AvgIpc) is 2.75. The molecular weight excluding hydrogens is 415 g/mol. The lowest BCUT2D eigenvalue weighted by Gasteiger charge is -2.10. The van der Waals surface area contributed by atoms with E-state index in [1.165, 1.54) is 36.7 Å². The molecule has 0 saturated heterocycles. The molecule has 0 atom stereocenters. The van der Waals surface area contributed by atoms with Gasteiger partial charge in [-0.15, -0.1) is 18.3 Å². The fraction of sp³-hybridized carbons (Fsp3) is 0.150. The van der Waals surface area contributed by atoms with Gasteiger partial charge in [0.2, 0.25) is 0 Å². The summed E-state index contributed by atoms with van der Waals surface area (Å²) in [4.78, 5) is 20.6. The number of aromatic nitrogens is 5. The van der Waals surface area contributed by atoms with E-state index in [1.807, 2.05) is 0 Å². The van der Waals surface area contributed by atoms with Gasteiger partial charge in [-0.25, -0.2) is 14.6 Å². The molecule has 11 heteroatoms. The van der Waals surface area contributed by atoms with Crippen molar-refractivity contribution in [1.29, 1.82) is 0 Å². The van der Waals surface area contributed by atoms with Gasteiger partial charge in [-0.2, -0.15) is 0 Å². The molecule has 2 heterocycles. The zero-order valence-corrected chi connectivity index (χ0v) is 15.8. The first kappa shape index (κ1) is 20.3. The number of hydrogen-bond acceptors (Lipinski definition) is 7. The van der Waals surface area contributed by atoms with E-state index in [0.29, 0.717) is 22.0 Å². The maximum Gasteiger partial charge on any atom is 0.573 e. The predicted octanol–water partition coefficient (Wildman–Crippen LogP) is 3.23. The van der Waals surface area contributed by atoms with Crippen molar-refractivity contribution >= 4 is 10.9 Å². The summed E-state index contributed by atoms with van der Waals surface area (Å²) in [5, 5.41) is 8.25. The molecule has 0 radical (unpaired) electrons. The highest BCUT2D eigenvalue weighted by Crippen LogP contribution is 2.27. The van der Waals surface area contributed by atoms with Gasteiger partial charge in [-0.05, 0) is 41.5 Å². The topological polar surface area (TPSA) is 92.0 Å². The molecular formula is C20H14F3N5O3. The summed E-state index contributed by atoms with van der Waals surface area (Å²) in [6.07, 6.45) is -1.69. The fourth-order valence-electron chi connectivity index (χ4n) is 2.83. The van der Waals surface area contributed by atoms with Crippen molar-refractivity contribution in [2.75, 3.05) is 6.61 Å². The first-order valence-electron chi connectivity index (χ1n) is 9.03. The van der Waals surface area contributed by atoms with Crippen molar-refractivity contribution in [3.63, 3.8) is 0 Å². The van der Waals surface area contributed by atoms with Gasteiger partial charge in [-0.1, -0.05) is 23.4 Å². The van der Waals surface area contributed by atoms with Gasteiger partial charge in [0.05, 0.1) is 11.9 Å². The minimum absolute atomic E-state index is 0.116. The molecule has 0 aliphatic carbocycles. The highest BCUT2D eigenvalue weighted by atomic mass is 19.4. The van der Waals surface area contributed by atoms with Gasteiger partial charge in [0.15, 0.2) is 0 Å². The number of hydrogen-bond donors (Lipinski definition) is 0. The minimum atomic E-state index is -4.76. The fourth-order valence-corrected chi connectivity index (χ4v) is 2.83. The molecule has 0 saturated carbocycles. The summed E-state index contributed by atoms with van der Waals surface area (Å²) in [6.45, 7) is 0.248. The second-order valence-electron chi connectivity index (χ2n) is 6.30. The van der Waals surface area contributed by atoms with Gasteiger partial charge in [0, 0.05) is 12.4 Å². The summed E-state index contributed by atoms with van der Waals surface area (Å²) in [6, 6.07) is 12.1. The quantitative estimate of drug-likeness (QED) is 0.465. The number of benzene rings is 2. The number of nitrogens with zero attached hydrogens (tertiary/aromatic N) is 5. The molecule has 2 aromatic carbocycles. The van der Waals surface area contributed by atoms with E-state index in [2.05, 4.69) is 25.0 Å². The molecule has 31 heavy (non-hydrogen) atoms. The Bertz CT molecular complexity index is 1250. The van der Waals surface area contributed by atoms with Crippen LogP contribution in [0.25, 0.3) is 22.0 Å². The van der Waals surface area contributed by atoms with Crippen LogP contribution in [-0.2, 0) is 6.54 Å². The standard InChI is InChI=1S/C20H14F3N5O3/c21-20(22,23)31-15-5-2-13(3-6-15)14-4-7-17-16(12-14)18(29)28(27-26-17)10-11-30-19-24-8-1-9-25-19/h1-9,12H,10-11H2. The van der Waals surface area contributed by atoms with Gasteiger partial charge in [0.1, 0.15) is 17.9 Å². The zero-order chi connectivity index (χ0) is 21.8. The van der Waals surface area contributed by atoms with Crippen molar-refractivity contribution in [2.24, 2.45) is 0 Å². The zero-order valence-electron chi connectivity index (χ0n) is 15.8. The van der Waals surface area contributed by atoms with Crippen LogP contribution >= 0.6 is 0 Å². The second-order valence-corrected chi connectivity index (χ2v) is 6.30. The lowest BCUT2D eigenvalue weighted by molar-refractivity contribution is -0.274. The highest BCUT2D eigenvalue weighted by Gasteiger charge is 2.30. The van der Waals surface area contributed by atoms with Crippen molar-refractivity contribution in [2.45, 2.75) is 12.9 Å². The minimum Gasteiger partial charge on any atom is -0.461 e. The summed E-state index contributed by atoms with van der Waals surface area (Å²) in [5.74, 6) is -0.326. The van der Waals surface area contributed by atoms with E-state index in [-0.39, 0.29) is 30.5 Å². The molecule has 8 nitrogen and oxygen atoms in total. The van der Waals surface area contributed by atoms with Crippen LogP contribution in [0.4, 0.5) is 13.2 Å². The molecule has 0 N–H and O–H groups in total. The first-order chi connectivity index (χ1) is 14.9. The monoisotopic (exact) mass is 429 g/mol. The normalized spacial score (nSPS) is 11.5. The molecule has 0 unspecified atom stereocenters. The molecule has 0 amide bonds. The van der Waals surface area contributed by atoms with Crippen LogP contribution in [0.5, 0.6) is 11.8 Å². The van der Waals surface area contributed by atoms with E-state index in [0.717, 1.165) is 4.68 Å². The van der Waals surface area contributed by atoms with Crippen LogP contribution in [0, 0.1) is 0 Å². The van der Waals surface area contributed by atoms with Crippen LogP contribution in [0.1, 0.15) is 0 Å². The number of ether oxygens (including phenoxy) is 2. The van der Waals surface area contributed by atoms with Crippen LogP contribution < -0.4 is 15.0 Å². The predicted molar refractivity (Wildman–Crippen MR) is 103 cm³/mol. The summed E-state index contributed by atoms with van der Waals surface area (Å²) in [5.41, 5.74) is 1.27. The Labute approximate surface area is 172 Å². The Balaban J connectivity index is 1.55. The Morgan fingerprint density at radius 2 is 1.68 bits per heavy atom. The Hall–Kier alpha value is -4.02. The Morgan fingerprint density at radius 1 is 0.968 bits per heavy atom. The number of alkyl halides is 3. The van der Waals surface area contributed by atoms with Gasteiger partial charge in [0.25, 0.3) is 5.56 Å². The van der Waals surface area contributed by atoms with Crippen molar-refractivity contribution < 1.29 is 22.6 Å². The van der Waals surface area contributed by atoms with E-state index in [4.69, 9.17) is 4.74 Å². The molecule has 0 spiro atoms. The Kier molecular flexibility index (Phi) is 5.48. The summed E-state index contributed by atoms with van der Waals surface area (Å²) < 4.78 is 47.4. The molecule has 0 fully saturated rings. The summed E-state index contributed by atoms with van der Waals surface area (Å²) >= 11 is 0. The lowest BCUT2D eigenvalue weighted by atomic mass is 10.0. The van der Waals surface area contributed by atoms with Crippen molar-refractivity contribution in [1.82, 2.24) is 25.0 Å². The summed E-state index contributed by atoms with van der Waals surface area (Å²) in [7, 11) is 0. The maximum atomic E-state index is 12.8. The third-order valence-electron chi connectivity index (χ3n) is 4.22. The average molecular weight is 429 g/mol. The molecule has 0 aliphatic heterocycles. The molecule has 4 aromatic rings. The van der Waals surface area contributed by atoms with Crippen LogP contribution in [0.2, 0.25) is 0 Å². The first-order valence-corrected chi connectivity index (χ1v) is 9.03. The second kappa shape index (κ2) is 8.38. The van der Waals surface area contributed by atoms with Crippen molar-refractivity contribution in [3.05, 3.63) is 71.3 Å². The molecule has 0 aliphatic rings. The molecule has 2 aromatic heterocycles. The smallest absolute Gasteiger partial charge is 0.461 e. The van der Waals surface area contributed by atoms with Gasteiger partial charge >= 0.3 is 12.4 Å². The third-order valence-corrected chi connectivity index (χ3v) is 4.22. The maximum absolute atomic E-state index is 12.8. The SMILES string of the molecule is O=c1c2cc(-c3ccc(OC(F)(F)F)cc3)ccc2nnn1CCOc1ncccn1. The van der Waals surface area contributed by atoms with E-state index < -0.39 is 6.36 Å². The third kappa shape index (κ3) is 4.94. The van der Waals surface area contributed by atoms with E-state index in [9.17, 15) is 18.0 Å². The number of halogens is 3. The highest BCUT2D eigenvalue weighted by molar-refractivity contribution is 5.83. The van der Waals surface area contributed by atoms with Gasteiger partial charge < -0.3 is 9.47 Å².